The van der Waals surface area contributed by atoms with Gasteiger partial charge in [0, 0.05) is 23.4 Å². The Morgan fingerprint density at radius 2 is 1.12 bits per heavy atom. The quantitative estimate of drug-likeness (QED) is 0.0214. The highest BCUT2D eigenvalue weighted by atomic mass is 16.5. The van der Waals surface area contributed by atoms with Gasteiger partial charge in [0.05, 0.1) is 57.8 Å². The minimum absolute atomic E-state index is 0.0849. The molecule has 1 aliphatic heterocycles. The number of nitrogen functional groups attached to an aromatic ring is 1. The van der Waals surface area contributed by atoms with Crippen molar-refractivity contribution in [2.75, 3.05) is 37.3 Å². The third-order valence-corrected chi connectivity index (χ3v) is 15.0. The van der Waals surface area contributed by atoms with Gasteiger partial charge < -0.3 is 122 Å². The number of esters is 1. The topological polar surface area (TPSA) is 695 Å². The number of nitrogens with two attached hydrogens (primary N) is 4. The summed E-state index contributed by atoms with van der Waals surface area (Å²) in [4.78, 5) is 255. The molecule has 13 atom stereocenters. The van der Waals surface area contributed by atoms with Crippen molar-refractivity contribution in [3.05, 3.63) is 72.4 Å². The van der Waals surface area contributed by atoms with Gasteiger partial charge in [-0.25, -0.2) is 4.79 Å². The molecule has 1 aliphatic rings. The number of carboxylic acids is 4. The highest BCUT2D eigenvalue weighted by Crippen LogP contribution is 2.18. The largest absolute Gasteiger partial charge is 0.481 e. The zero-order chi connectivity index (χ0) is 78.1. The number of aliphatic hydroxyl groups is 1. The second-order valence-electron chi connectivity index (χ2n) is 23.4. The second-order valence-corrected chi connectivity index (χ2v) is 23.4. The summed E-state index contributed by atoms with van der Waals surface area (Å²) in [6, 6.07) is -8.47. The number of ether oxygens (including phenoxy) is 1. The average Bonchev–Trinajstić information content (AvgIpc) is 0.842. The summed E-state index contributed by atoms with van der Waals surface area (Å²) in [5, 5.41) is 77.4. The third kappa shape index (κ3) is 29.9. The van der Waals surface area contributed by atoms with Crippen molar-refractivity contribution in [3.63, 3.8) is 0 Å². The fraction of sp³-hybridized carbons (Fsp3) is 0.468. The van der Waals surface area contributed by atoms with Crippen molar-refractivity contribution in [1.29, 1.82) is 0 Å². The molecule has 104 heavy (non-hydrogen) atoms. The summed E-state index contributed by atoms with van der Waals surface area (Å²) in [5.74, 6) is -29.0. The van der Waals surface area contributed by atoms with Crippen LogP contribution in [0.3, 0.4) is 0 Å². The van der Waals surface area contributed by atoms with Crippen LogP contribution in [0.15, 0.2) is 66.9 Å². The molecule has 0 aromatic heterocycles. The van der Waals surface area contributed by atoms with Gasteiger partial charge in [0.15, 0.2) is 5.78 Å². The Labute approximate surface area is 591 Å². The molecule has 1 fully saturated rings. The van der Waals surface area contributed by atoms with E-state index in [9.17, 15) is 117 Å². The van der Waals surface area contributed by atoms with Crippen molar-refractivity contribution in [1.82, 2.24) is 63.8 Å². The highest BCUT2D eigenvalue weighted by Gasteiger charge is 2.41. The number of ketones is 1. The lowest BCUT2D eigenvalue weighted by Gasteiger charge is -2.30. The maximum Gasteiger partial charge on any atom is 0.329 e. The van der Waals surface area contributed by atoms with E-state index in [1.165, 1.54) is 36.5 Å². The first-order chi connectivity index (χ1) is 48.9. The molecule has 26 N–H and O–H groups in total. The predicted molar refractivity (Wildman–Crippen MR) is 356 cm³/mol. The van der Waals surface area contributed by atoms with Crippen LogP contribution in [0.1, 0.15) is 88.9 Å². The number of nitrogens with one attached hydrogen (secondary N) is 13. The molecule has 0 spiro atoms. The molecule has 0 aliphatic carbocycles. The molecule has 0 saturated carbocycles. The maximum atomic E-state index is 14.7. The Kier molecular flexibility index (Phi) is 35.4. The number of anilines is 2. The summed E-state index contributed by atoms with van der Waals surface area (Å²) in [7, 11) is 0. The normalized spacial score (nSPS) is 22.2. The average molecular weight is 1470 g/mol. The van der Waals surface area contributed by atoms with Crippen molar-refractivity contribution < 1.29 is 121 Å². The van der Waals surface area contributed by atoms with Gasteiger partial charge in [-0.3, -0.25) is 86.3 Å². The molecule has 42 nitrogen and oxygen atoms in total. The molecule has 0 radical (unpaired) electrons. The van der Waals surface area contributed by atoms with Crippen LogP contribution in [0.5, 0.6) is 0 Å². The summed E-state index contributed by atoms with van der Waals surface area (Å²) in [6.07, 6.45) is -6.79. The molecule has 2 aromatic rings. The molecular weight excluding hydrogens is 1380 g/mol. The smallest absolute Gasteiger partial charge is 0.329 e. The Hall–Kier alpha value is -12.2. The number of carboxylic acid groups (broad SMARTS) is 4. The van der Waals surface area contributed by atoms with Gasteiger partial charge in [-0.15, -0.1) is 0 Å². The summed E-state index contributed by atoms with van der Waals surface area (Å²) in [6.45, 7) is -0.924. The fourth-order valence-corrected chi connectivity index (χ4v) is 9.51. The van der Waals surface area contributed by atoms with Gasteiger partial charge >= 0.3 is 29.8 Å². The number of aliphatic carboxylic acids is 4. The molecule has 568 valence electrons. The zero-order valence-corrected chi connectivity index (χ0v) is 56.3. The molecule has 1 saturated heterocycles. The molecular formula is C62H85N17O25. The van der Waals surface area contributed by atoms with Crippen LogP contribution in [0.2, 0.25) is 0 Å². The standard InChI is InChI=1S/C62H85N17O25/c1-28(19-46(85)86)50-61(102)77-40(20-42(81)32-13-7-8-14-33(32)64)62(103)104-30(3)51(79-58(99)39(24-49(91)92)76-57(98)36(21-43(66)82)74-53(94)34(65)15-10-18-67-31-11-5-4-6-12-31)60(101)69-26-44(83)71-35(16-9-17-63)55(96)75-38(23-48(89)90)56(97)70-29(2)52(93)73-37(22-47(87)88)54(95)68-25-45(84)72-41(27-80)59(100)78-50/h4-8,10-14,18,28-30,34-41,50-51,67,80H,9,15-17,19-27,63-65H2,1-3H3,(H2,66,82)(H,68,95)(H,69,101)(H,70,97)(H,71,83)(H,72,84)(H,73,93)(H,74,94)(H,75,96)(H,76,98)(H,77,102)(H,78,100)(H,79,99)(H,85,86)(H,87,88)(H,89,90)(H,91,92)/b18-10+. The molecule has 42 heteroatoms. The number of hydrogen-bond donors (Lipinski definition) is 22. The SMILES string of the molecule is CC1NC(=O)C(CC(=O)O)NC(=O)C(CCCN)NC(=O)CNC(=O)C(NC(=O)C(CC(=O)O)NC(=O)C(CC(N)=O)NC(=O)C(N)C/C=C/Nc2ccccc2)C(C)OC(=O)C(CC(=O)c2ccccc2N)NC(=O)C(C(C)CC(=O)O)NC(=O)C(CO)NC(=O)CNC(=O)C(CC(=O)O)NC1=O. The number of cyclic esters (lactones) is 1. The van der Waals surface area contributed by atoms with E-state index in [-0.39, 0.29) is 37.1 Å². The summed E-state index contributed by atoms with van der Waals surface area (Å²) in [5.41, 5.74) is 23.4. The van der Waals surface area contributed by atoms with Gasteiger partial charge in [-0.1, -0.05) is 43.3 Å². The van der Waals surface area contributed by atoms with Crippen molar-refractivity contribution in [3.8, 4) is 0 Å². The first kappa shape index (κ1) is 86.0. The number of hydrogen-bond acceptors (Lipinski definition) is 25. The number of para-hydroxylation sites is 2. The lowest BCUT2D eigenvalue weighted by atomic mass is 9.96. The molecule has 1 heterocycles. The summed E-state index contributed by atoms with van der Waals surface area (Å²) >= 11 is 0. The van der Waals surface area contributed by atoms with Crippen molar-refractivity contribution in [2.45, 2.75) is 151 Å². The zero-order valence-electron chi connectivity index (χ0n) is 56.3. The predicted octanol–water partition coefficient (Wildman–Crippen LogP) is -8.63. The number of primary amides is 1. The third-order valence-electron chi connectivity index (χ3n) is 15.0. The lowest BCUT2D eigenvalue weighted by molar-refractivity contribution is -0.156. The number of rotatable bonds is 28. The van der Waals surface area contributed by atoms with Crippen LogP contribution in [0.25, 0.3) is 0 Å². The molecule has 13 amide bonds. The monoisotopic (exact) mass is 1470 g/mol. The van der Waals surface area contributed by atoms with E-state index in [1.54, 1.807) is 30.3 Å². The fourth-order valence-electron chi connectivity index (χ4n) is 9.51. The van der Waals surface area contributed by atoms with Gasteiger partial charge in [0.25, 0.3) is 0 Å². The minimum atomic E-state index is -2.42. The van der Waals surface area contributed by atoms with Crippen LogP contribution in [0.4, 0.5) is 11.4 Å². The van der Waals surface area contributed by atoms with E-state index in [0.29, 0.717) is 5.69 Å². The number of carbonyl (C=O) groups excluding carboxylic acids is 15. The number of benzene rings is 2. The van der Waals surface area contributed by atoms with Gasteiger partial charge in [-0.2, -0.15) is 0 Å². The van der Waals surface area contributed by atoms with Gasteiger partial charge in [0.2, 0.25) is 76.8 Å². The Morgan fingerprint density at radius 3 is 1.69 bits per heavy atom. The molecule has 3 rings (SSSR count). The Bertz CT molecular complexity index is 3540. The van der Waals surface area contributed by atoms with Gasteiger partial charge in [0.1, 0.15) is 66.5 Å². The van der Waals surface area contributed by atoms with Gasteiger partial charge in [-0.05, 0) is 76.0 Å². The Morgan fingerprint density at radius 1 is 0.587 bits per heavy atom. The van der Waals surface area contributed by atoms with E-state index in [2.05, 4.69) is 47.9 Å². The van der Waals surface area contributed by atoms with Crippen LogP contribution < -0.4 is 92.1 Å². The van der Waals surface area contributed by atoms with E-state index in [4.69, 9.17) is 27.7 Å². The van der Waals surface area contributed by atoms with E-state index < -0.39 is 249 Å². The molecule has 13 unspecified atom stereocenters. The van der Waals surface area contributed by atoms with Crippen LogP contribution in [0, 0.1) is 5.92 Å². The number of amides is 13. The Balaban J connectivity index is 2.26. The first-order valence-electron chi connectivity index (χ1n) is 31.8. The van der Waals surface area contributed by atoms with Crippen LogP contribution in [-0.2, 0) is 91.0 Å². The van der Waals surface area contributed by atoms with E-state index in [0.717, 1.165) is 20.8 Å². The van der Waals surface area contributed by atoms with Crippen molar-refractivity contribution in [2.24, 2.45) is 23.1 Å². The maximum absolute atomic E-state index is 14.7. The number of aliphatic hydroxyl groups excluding tert-OH is 1. The van der Waals surface area contributed by atoms with E-state index >= 15 is 0 Å². The minimum Gasteiger partial charge on any atom is -0.481 e. The molecule has 2 aromatic carbocycles. The first-order valence-corrected chi connectivity index (χ1v) is 31.8. The second kappa shape index (κ2) is 42.8. The lowest BCUT2D eigenvalue weighted by Crippen LogP contribution is -2.61. The summed E-state index contributed by atoms with van der Waals surface area (Å²) < 4.78 is 5.62. The number of carbonyl (C=O) groups is 19. The van der Waals surface area contributed by atoms with Crippen molar-refractivity contribution >= 4 is 124 Å². The van der Waals surface area contributed by atoms with E-state index in [1.807, 2.05) is 21.3 Å². The number of Topliss-reactive ketones (excluding diaryl/α,β-unsaturated/α-hetero) is 1. The van der Waals surface area contributed by atoms with Crippen LogP contribution in [-0.4, -0.2) is 237 Å². The van der Waals surface area contributed by atoms with Crippen LogP contribution >= 0.6 is 0 Å². The highest BCUT2D eigenvalue weighted by molar-refractivity contribution is 6.05. The molecule has 0 bridgehead atoms.